The first-order valence-corrected chi connectivity index (χ1v) is 28.3. The average molecular weight is 1200 g/mol. The Balaban J connectivity index is 0.819. The van der Waals surface area contributed by atoms with Gasteiger partial charge in [-0.05, 0) is 143 Å². The summed E-state index contributed by atoms with van der Waals surface area (Å²) in [6, 6.07) is 38.3. The number of amides is 1. The molecule has 2 aliphatic rings. The summed E-state index contributed by atoms with van der Waals surface area (Å²) in [4.78, 5) is 91.2. The van der Waals surface area contributed by atoms with Gasteiger partial charge in [-0.25, -0.2) is 29.1 Å². The van der Waals surface area contributed by atoms with E-state index in [1.807, 2.05) is 48.6 Å². The number of aromatic hydroxyl groups is 2. The first kappa shape index (κ1) is 61.1. The van der Waals surface area contributed by atoms with Gasteiger partial charge in [0.25, 0.3) is 0 Å². The SMILES string of the molecule is O=C(CCC(=O)OCCOCCOCCOCCOC(=O)c1ccc(-c2c3nc(c(-c4ccc(C(=O)O)cc4)c4ccc([nH]4)c(-c4ccc(C(=O)O)cc4)c4nc(c(-c5ccc(C(=O)O)cc5)c5ccc2[nH]5)C=C4)C=C3)cc1)NCCc1ccc(O)c(O)c1. The third kappa shape index (κ3) is 15.2. The standard InChI is InChI=1S/C68H59N5O16/c74-57-26-1-40(39-58(57)75)29-30-69-59(76)27-28-60(77)88-37-35-86-33-31-85-32-34-87-36-38-89-68(84)48-16-8-44(9-17-48)64-55-24-22-53(72-55)62(42-4-12-46(13-5-42)66(80)81)51-20-18-49(70-51)61(41-2-10-45(11-3-41)65(78)79)50-19-21-52(71-50)63(54-23-25-56(64)73-54)43-6-14-47(15-7-43)67(82)83/h1-26,39,70,73-75H,27-38H2,(H,69,76)(H,78,79)(H,80,81)(H,82,83). The van der Waals surface area contributed by atoms with Gasteiger partial charge in [0.05, 0.1) is 91.1 Å². The third-order valence-corrected chi connectivity index (χ3v) is 14.5. The first-order valence-electron chi connectivity index (χ1n) is 28.3. The minimum absolute atomic E-state index is 0.0106. The van der Waals surface area contributed by atoms with Crippen molar-refractivity contribution < 1.29 is 78.0 Å². The summed E-state index contributed by atoms with van der Waals surface area (Å²) >= 11 is 0. The number of aromatic nitrogens is 4. The van der Waals surface area contributed by atoms with E-state index in [0.29, 0.717) is 102 Å². The molecule has 8 aromatic rings. The van der Waals surface area contributed by atoms with Gasteiger partial charge in [0.15, 0.2) is 11.5 Å². The smallest absolute Gasteiger partial charge is 0.338 e. The molecule has 5 aromatic carbocycles. The van der Waals surface area contributed by atoms with Gasteiger partial charge in [-0.3, -0.25) is 9.59 Å². The number of H-pyrrole nitrogens is 2. The predicted molar refractivity (Wildman–Crippen MR) is 331 cm³/mol. The normalized spacial score (nSPS) is 11.6. The van der Waals surface area contributed by atoms with Crippen LogP contribution < -0.4 is 5.32 Å². The van der Waals surface area contributed by atoms with Gasteiger partial charge >= 0.3 is 29.8 Å². The third-order valence-electron chi connectivity index (χ3n) is 14.5. The fourth-order valence-electron chi connectivity index (χ4n) is 10.0. The average Bonchev–Trinajstić information content (AvgIpc) is 1.80. The maximum Gasteiger partial charge on any atom is 0.338 e. The Bertz CT molecular complexity index is 4150. The molecule has 5 heterocycles. The van der Waals surface area contributed by atoms with Crippen molar-refractivity contribution >= 4 is 82.1 Å². The lowest BCUT2D eigenvalue weighted by atomic mass is 10.0. The molecular formula is C68H59N5O16. The van der Waals surface area contributed by atoms with Crippen LogP contribution >= 0.6 is 0 Å². The second-order valence-corrected chi connectivity index (χ2v) is 20.3. The van der Waals surface area contributed by atoms with Crippen LogP contribution in [0.4, 0.5) is 0 Å². The molecule has 8 N–H and O–H groups in total. The number of carboxylic acids is 3. The Morgan fingerprint density at radius 2 is 0.764 bits per heavy atom. The van der Waals surface area contributed by atoms with E-state index in [4.69, 9.17) is 33.7 Å². The molecule has 0 spiro atoms. The summed E-state index contributed by atoms with van der Waals surface area (Å²) in [7, 11) is 0. The Morgan fingerprint density at radius 1 is 0.404 bits per heavy atom. The van der Waals surface area contributed by atoms with Crippen molar-refractivity contribution in [3.05, 3.63) is 190 Å². The molecule has 3 aromatic heterocycles. The quantitative estimate of drug-likeness (QED) is 0.0142. The van der Waals surface area contributed by atoms with Gasteiger partial charge in [-0.2, -0.15) is 0 Å². The van der Waals surface area contributed by atoms with E-state index in [1.165, 1.54) is 48.5 Å². The van der Waals surface area contributed by atoms with E-state index in [9.17, 15) is 54.3 Å². The lowest BCUT2D eigenvalue weighted by Gasteiger charge is -2.09. The number of fused-ring (bicyclic) bond motifs is 8. The largest absolute Gasteiger partial charge is 0.504 e. The molecule has 0 aliphatic carbocycles. The van der Waals surface area contributed by atoms with Gasteiger partial charge in [0, 0.05) is 57.3 Å². The van der Waals surface area contributed by atoms with E-state index < -0.39 is 29.8 Å². The van der Waals surface area contributed by atoms with Crippen LogP contribution in [0.3, 0.4) is 0 Å². The van der Waals surface area contributed by atoms with Gasteiger partial charge < -0.3 is 64.5 Å². The van der Waals surface area contributed by atoms with Crippen LogP contribution in [0.2, 0.25) is 0 Å². The number of carbonyl (C=O) groups excluding carboxylic acids is 3. The number of phenolic OH excluding ortho intramolecular Hbond substituents is 2. The van der Waals surface area contributed by atoms with Crippen LogP contribution in [-0.4, -0.2) is 141 Å². The molecule has 0 unspecified atom stereocenters. The van der Waals surface area contributed by atoms with Crippen LogP contribution in [0.1, 0.15) is 82.6 Å². The van der Waals surface area contributed by atoms with E-state index in [1.54, 1.807) is 66.7 Å². The second-order valence-electron chi connectivity index (χ2n) is 20.3. The summed E-state index contributed by atoms with van der Waals surface area (Å²) in [5.41, 5.74) is 11.3. The number of benzene rings is 5. The zero-order chi connectivity index (χ0) is 62.4. The van der Waals surface area contributed by atoms with Crippen molar-refractivity contribution in [1.82, 2.24) is 25.3 Å². The maximum absolute atomic E-state index is 13.4. The highest BCUT2D eigenvalue weighted by Gasteiger charge is 2.21. The summed E-state index contributed by atoms with van der Waals surface area (Å²) in [6.45, 7) is 1.49. The molecular weight excluding hydrogens is 1140 g/mol. The number of rotatable bonds is 26. The van der Waals surface area contributed by atoms with Crippen LogP contribution in [0.15, 0.2) is 140 Å². The Morgan fingerprint density at radius 3 is 1.13 bits per heavy atom. The molecule has 21 heteroatoms. The van der Waals surface area contributed by atoms with Crippen molar-refractivity contribution in [3.8, 4) is 56.0 Å². The number of aromatic carboxylic acids is 3. The molecule has 1 amide bonds. The maximum atomic E-state index is 13.4. The zero-order valence-electron chi connectivity index (χ0n) is 47.7. The van der Waals surface area contributed by atoms with E-state index in [0.717, 1.165) is 5.56 Å². The van der Waals surface area contributed by atoms with E-state index in [2.05, 4.69) is 15.3 Å². The van der Waals surface area contributed by atoms with Gasteiger partial charge in [0.2, 0.25) is 5.91 Å². The molecule has 452 valence electrons. The molecule has 89 heavy (non-hydrogen) atoms. The van der Waals surface area contributed by atoms with Crippen LogP contribution in [0.5, 0.6) is 11.5 Å². The van der Waals surface area contributed by atoms with Crippen molar-refractivity contribution in [3.63, 3.8) is 0 Å². The van der Waals surface area contributed by atoms with Crippen LogP contribution in [0.25, 0.3) is 90.9 Å². The first-order chi connectivity index (χ1) is 43.2. The highest BCUT2D eigenvalue weighted by atomic mass is 16.6. The lowest BCUT2D eigenvalue weighted by molar-refractivity contribution is -0.146. The minimum atomic E-state index is -1.08. The molecule has 21 nitrogen and oxygen atoms in total. The number of carbonyl (C=O) groups is 6. The Kier molecular flexibility index (Phi) is 19.5. The van der Waals surface area contributed by atoms with Crippen molar-refractivity contribution in [2.45, 2.75) is 19.3 Å². The summed E-state index contributed by atoms with van der Waals surface area (Å²) in [5, 5.41) is 51.1. The van der Waals surface area contributed by atoms with Crippen molar-refractivity contribution in [2.24, 2.45) is 0 Å². The Hall–Kier alpha value is -11.0. The zero-order valence-corrected chi connectivity index (χ0v) is 47.7. The van der Waals surface area contributed by atoms with E-state index in [-0.39, 0.29) is 105 Å². The predicted octanol–water partition coefficient (Wildman–Crippen LogP) is 10.7. The minimum Gasteiger partial charge on any atom is -0.504 e. The molecule has 0 saturated heterocycles. The number of ether oxygens (including phenoxy) is 5. The summed E-state index contributed by atoms with van der Waals surface area (Å²) in [6.07, 6.45) is 7.76. The van der Waals surface area contributed by atoms with Crippen LogP contribution in [0, 0.1) is 0 Å². The van der Waals surface area contributed by atoms with Crippen LogP contribution in [-0.2, 0) is 39.7 Å². The van der Waals surface area contributed by atoms with Crippen molar-refractivity contribution in [2.75, 3.05) is 59.4 Å². The number of phenols is 2. The highest BCUT2D eigenvalue weighted by molar-refractivity contribution is 6.01. The van der Waals surface area contributed by atoms with Gasteiger partial charge in [-0.15, -0.1) is 0 Å². The number of carboxylic acid groups (broad SMARTS) is 3. The summed E-state index contributed by atoms with van der Waals surface area (Å²) < 4.78 is 27.3. The molecule has 10 rings (SSSR count). The molecule has 0 fully saturated rings. The number of esters is 2. The number of aromatic amines is 2. The second kappa shape index (κ2) is 28.5. The number of nitrogens with one attached hydrogen (secondary N) is 3. The summed E-state index contributed by atoms with van der Waals surface area (Å²) in [5.74, 6) is -5.14. The molecule has 0 atom stereocenters. The molecule has 0 saturated carbocycles. The monoisotopic (exact) mass is 1200 g/mol. The van der Waals surface area contributed by atoms with Gasteiger partial charge in [0.1, 0.15) is 13.2 Å². The van der Waals surface area contributed by atoms with E-state index >= 15 is 0 Å². The molecule has 2 aliphatic heterocycles. The Labute approximate surface area is 508 Å². The van der Waals surface area contributed by atoms with Gasteiger partial charge in [-0.1, -0.05) is 54.6 Å². The highest BCUT2D eigenvalue weighted by Crippen LogP contribution is 2.39. The molecule has 8 bridgehead atoms. The molecule has 0 radical (unpaired) electrons. The van der Waals surface area contributed by atoms with Crippen molar-refractivity contribution in [1.29, 1.82) is 0 Å². The number of hydrogen-bond acceptors (Lipinski definition) is 15. The fourth-order valence-corrected chi connectivity index (χ4v) is 10.0. The topological polar surface area (TPSA) is 319 Å². The number of hydrogen-bond donors (Lipinski definition) is 8. The lowest BCUT2D eigenvalue weighted by Crippen LogP contribution is -2.26. The fraction of sp³-hybridized carbons (Fsp3) is 0.176. The number of nitrogens with zero attached hydrogens (tertiary/aromatic N) is 2.